The minimum Gasteiger partial charge on any atom is -0.508 e. The highest BCUT2D eigenvalue weighted by Crippen LogP contribution is 2.19. The number of benzene rings is 1. The van der Waals surface area contributed by atoms with Gasteiger partial charge in [-0.1, -0.05) is 25.6 Å². The van der Waals surface area contributed by atoms with Gasteiger partial charge in [0, 0.05) is 5.70 Å². The molecule has 0 aliphatic carbocycles. The molecule has 0 aromatic heterocycles. The van der Waals surface area contributed by atoms with Gasteiger partial charge in [-0.3, -0.25) is 0 Å². The third-order valence-corrected chi connectivity index (χ3v) is 2.44. The van der Waals surface area contributed by atoms with Gasteiger partial charge in [-0.05, 0) is 36.5 Å². The summed E-state index contributed by atoms with van der Waals surface area (Å²) in [4.78, 5) is 0. The zero-order valence-electron chi connectivity index (χ0n) is 8.75. The molecule has 0 saturated carbocycles. The third-order valence-electron chi connectivity index (χ3n) is 2.44. The molecule has 0 radical (unpaired) electrons. The van der Waals surface area contributed by atoms with Crippen molar-refractivity contribution in [3.63, 3.8) is 0 Å². The second-order valence-electron chi connectivity index (χ2n) is 3.80. The predicted octanol–water partition coefficient (Wildman–Crippen LogP) is 2.35. The lowest BCUT2D eigenvalue weighted by molar-refractivity contribution is 0.470. The molecule has 0 aliphatic rings. The van der Waals surface area contributed by atoms with E-state index in [1.54, 1.807) is 6.07 Å². The van der Waals surface area contributed by atoms with Crippen molar-refractivity contribution in [3.8, 4) is 5.75 Å². The molecule has 3 N–H and O–H groups in total. The van der Waals surface area contributed by atoms with Gasteiger partial charge >= 0.3 is 0 Å². The van der Waals surface area contributed by atoms with Crippen molar-refractivity contribution >= 4 is 0 Å². The molecule has 0 amide bonds. The largest absolute Gasteiger partial charge is 0.508 e. The van der Waals surface area contributed by atoms with E-state index in [-0.39, 0.29) is 5.92 Å². The fourth-order valence-electron chi connectivity index (χ4n) is 1.33. The van der Waals surface area contributed by atoms with E-state index in [9.17, 15) is 5.11 Å². The van der Waals surface area contributed by atoms with Crippen molar-refractivity contribution in [3.05, 3.63) is 41.6 Å². The van der Waals surface area contributed by atoms with Crippen LogP contribution in [0, 0.1) is 12.8 Å². The van der Waals surface area contributed by atoms with Crippen LogP contribution in [0.2, 0.25) is 0 Å². The van der Waals surface area contributed by atoms with Gasteiger partial charge in [-0.2, -0.15) is 0 Å². The van der Waals surface area contributed by atoms with E-state index in [1.165, 1.54) is 5.56 Å². The first kappa shape index (κ1) is 10.6. The summed E-state index contributed by atoms with van der Waals surface area (Å²) in [6, 6.07) is 5.62. The second-order valence-corrected chi connectivity index (χ2v) is 3.80. The summed E-state index contributed by atoms with van der Waals surface area (Å²) in [7, 11) is 0. The zero-order chi connectivity index (χ0) is 10.7. The fraction of sp³-hybridized carbons (Fsp3) is 0.333. The maximum Gasteiger partial charge on any atom is 0.118 e. The molecule has 1 aromatic rings. The summed E-state index contributed by atoms with van der Waals surface area (Å²) < 4.78 is 0. The minimum atomic E-state index is 0.277. The van der Waals surface area contributed by atoms with Crippen LogP contribution in [-0.2, 0) is 6.42 Å². The summed E-state index contributed by atoms with van der Waals surface area (Å²) in [5, 5.41) is 9.34. The molecule has 0 bridgehead atoms. The molecule has 2 nitrogen and oxygen atoms in total. The highest BCUT2D eigenvalue weighted by molar-refractivity contribution is 5.35. The smallest absolute Gasteiger partial charge is 0.118 e. The topological polar surface area (TPSA) is 46.2 Å². The molecule has 0 saturated heterocycles. The first-order chi connectivity index (χ1) is 6.50. The van der Waals surface area contributed by atoms with Gasteiger partial charge in [0.25, 0.3) is 0 Å². The van der Waals surface area contributed by atoms with E-state index in [0.29, 0.717) is 11.4 Å². The van der Waals surface area contributed by atoms with Crippen LogP contribution in [0.15, 0.2) is 30.5 Å². The first-order valence-electron chi connectivity index (χ1n) is 4.73. The fourth-order valence-corrected chi connectivity index (χ4v) is 1.33. The maximum atomic E-state index is 9.34. The van der Waals surface area contributed by atoms with Crippen molar-refractivity contribution in [1.29, 1.82) is 0 Å². The Bertz CT molecular complexity index is 344. The quantitative estimate of drug-likeness (QED) is 0.770. The van der Waals surface area contributed by atoms with Crippen LogP contribution in [0.4, 0.5) is 0 Å². The highest BCUT2D eigenvalue weighted by Gasteiger charge is 2.05. The second kappa shape index (κ2) is 4.18. The number of phenols is 1. The molecule has 1 atom stereocenters. The molecule has 0 spiro atoms. The number of hydrogen-bond acceptors (Lipinski definition) is 2. The number of aryl methyl sites for hydroxylation is 1. The summed E-state index contributed by atoms with van der Waals surface area (Å²) in [6.45, 7) is 7.66. The van der Waals surface area contributed by atoms with E-state index >= 15 is 0 Å². The average Bonchev–Trinajstić information content (AvgIpc) is 2.11. The Morgan fingerprint density at radius 2 is 2.21 bits per heavy atom. The van der Waals surface area contributed by atoms with Gasteiger partial charge in [-0.25, -0.2) is 0 Å². The molecule has 2 heteroatoms. The van der Waals surface area contributed by atoms with E-state index in [1.807, 2.05) is 26.0 Å². The number of aromatic hydroxyl groups is 1. The van der Waals surface area contributed by atoms with Gasteiger partial charge in [0.05, 0.1) is 0 Å². The van der Waals surface area contributed by atoms with Gasteiger partial charge in [0.1, 0.15) is 5.75 Å². The number of hydrogen-bond donors (Lipinski definition) is 2. The van der Waals surface area contributed by atoms with Crippen molar-refractivity contribution < 1.29 is 5.11 Å². The molecular formula is C12H17NO. The van der Waals surface area contributed by atoms with Crippen molar-refractivity contribution in [2.24, 2.45) is 11.7 Å². The normalized spacial score (nSPS) is 12.4. The van der Waals surface area contributed by atoms with Gasteiger partial charge in [-0.15, -0.1) is 0 Å². The molecule has 0 fully saturated rings. The molecule has 14 heavy (non-hydrogen) atoms. The Hall–Kier alpha value is -1.44. The van der Waals surface area contributed by atoms with E-state index in [2.05, 4.69) is 6.58 Å². The van der Waals surface area contributed by atoms with Crippen molar-refractivity contribution in [2.75, 3.05) is 0 Å². The standard InChI is InChI=1S/C12H17NO/c1-8(10(3)13)6-11-4-5-12(14)9(2)7-11/h4-5,7-8,14H,3,6,13H2,1-2H3. The number of nitrogens with two attached hydrogens (primary N) is 1. The summed E-state index contributed by atoms with van der Waals surface area (Å²) in [5.41, 5.74) is 8.39. The monoisotopic (exact) mass is 191 g/mol. The number of rotatable bonds is 3. The van der Waals surface area contributed by atoms with Crippen LogP contribution < -0.4 is 5.73 Å². The van der Waals surface area contributed by atoms with Gasteiger partial charge in [0.2, 0.25) is 0 Å². The van der Waals surface area contributed by atoms with E-state index in [4.69, 9.17) is 5.73 Å². The van der Waals surface area contributed by atoms with Crippen LogP contribution in [0.5, 0.6) is 5.75 Å². The zero-order valence-corrected chi connectivity index (χ0v) is 8.75. The molecule has 76 valence electrons. The SMILES string of the molecule is C=C(N)C(C)Cc1ccc(O)c(C)c1. The Labute approximate surface area is 85.1 Å². The van der Waals surface area contributed by atoms with E-state index < -0.39 is 0 Å². The Morgan fingerprint density at radius 1 is 1.57 bits per heavy atom. The van der Waals surface area contributed by atoms with Crippen molar-refractivity contribution in [2.45, 2.75) is 20.3 Å². The third kappa shape index (κ3) is 2.52. The van der Waals surface area contributed by atoms with Crippen LogP contribution in [-0.4, -0.2) is 5.11 Å². The lowest BCUT2D eigenvalue weighted by atomic mass is 9.97. The number of phenolic OH excluding ortho intramolecular Hbond substituents is 1. The molecule has 1 unspecified atom stereocenters. The Balaban J connectivity index is 2.78. The van der Waals surface area contributed by atoms with Crippen molar-refractivity contribution in [1.82, 2.24) is 0 Å². The molecule has 1 rings (SSSR count). The Morgan fingerprint density at radius 3 is 2.71 bits per heavy atom. The van der Waals surface area contributed by atoms with Gasteiger partial charge in [0.15, 0.2) is 0 Å². The molecule has 0 aliphatic heterocycles. The van der Waals surface area contributed by atoms with Crippen LogP contribution in [0.1, 0.15) is 18.1 Å². The van der Waals surface area contributed by atoms with Crippen LogP contribution >= 0.6 is 0 Å². The molecule has 0 heterocycles. The minimum absolute atomic E-state index is 0.277. The maximum absolute atomic E-state index is 9.34. The van der Waals surface area contributed by atoms with E-state index in [0.717, 1.165) is 12.0 Å². The Kier molecular flexibility index (Phi) is 3.18. The molecular weight excluding hydrogens is 174 g/mol. The summed E-state index contributed by atoms with van der Waals surface area (Å²) in [6.07, 6.45) is 0.871. The van der Waals surface area contributed by atoms with Crippen LogP contribution in [0.3, 0.4) is 0 Å². The predicted molar refractivity (Wildman–Crippen MR) is 59.0 cm³/mol. The average molecular weight is 191 g/mol. The molecule has 1 aromatic carbocycles. The van der Waals surface area contributed by atoms with Gasteiger partial charge < -0.3 is 10.8 Å². The highest BCUT2D eigenvalue weighted by atomic mass is 16.3. The lowest BCUT2D eigenvalue weighted by Crippen LogP contribution is -2.09. The first-order valence-corrected chi connectivity index (χ1v) is 4.73. The van der Waals surface area contributed by atoms with Crippen LogP contribution in [0.25, 0.3) is 0 Å². The lowest BCUT2D eigenvalue weighted by Gasteiger charge is -2.11. The summed E-state index contributed by atoms with van der Waals surface area (Å²) >= 11 is 0. The summed E-state index contributed by atoms with van der Waals surface area (Å²) in [5.74, 6) is 0.618. The number of allylic oxidation sites excluding steroid dienone is 1.